The van der Waals surface area contributed by atoms with Crippen molar-refractivity contribution in [3.8, 4) is 5.75 Å². The largest absolute Gasteiger partial charge is 0.508 e. The van der Waals surface area contributed by atoms with E-state index in [2.05, 4.69) is 16.0 Å². The molecule has 12 heteroatoms. The Hall–Kier alpha value is -4.00. The Morgan fingerprint density at radius 3 is 1.90 bits per heavy atom. The van der Waals surface area contributed by atoms with Crippen molar-refractivity contribution in [3.63, 3.8) is 0 Å². The van der Waals surface area contributed by atoms with Crippen LogP contribution in [0.1, 0.15) is 30.4 Å². The van der Waals surface area contributed by atoms with Crippen molar-refractivity contribution in [2.45, 2.75) is 56.3 Å². The molecular formula is C27H37N5O7. The molecule has 0 fully saturated rings. The molecule has 0 aliphatic heterocycles. The zero-order valence-corrected chi connectivity index (χ0v) is 21.6. The lowest BCUT2D eigenvalue weighted by Gasteiger charge is -2.24. The van der Waals surface area contributed by atoms with Crippen LogP contribution >= 0.6 is 0 Å². The van der Waals surface area contributed by atoms with Crippen LogP contribution < -0.4 is 27.4 Å². The van der Waals surface area contributed by atoms with E-state index in [0.717, 1.165) is 5.56 Å². The van der Waals surface area contributed by atoms with Gasteiger partial charge in [-0.15, -0.1) is 0 Å². The van der Waals surface area contributed by atoms with Crippen molar-refractivity contribution in [1.82, 2.24) is 16.0 Å². The summed E-state index contributed by atoms with van der Waals surface area (Å²) in [6, 6.07) is 10.2. The monoisotopic (exact) mass is 543 g/mol. The summed E-state index contributed by atoms with van der Waals surface area (Å²) in [6.07, 6.45) is 1.39. The van der Waals surface area contributed by atoms with Crippen LogP contribution in [-0.4, -0.2) is 76.3 Å². The Labute approximate surface area is 226 Å². The molecule has 0 radical (unpaired) electrons. The third-order valence-electron chi connectivity index (χ3n) is 6.02. The molecule has 2 rings (SSSR count). The summed E-state index contributed by atoms with van der Waals surface area (Å²) in [5.41, 5.74) is 12.9. The first kappa shape index (κ1) is 31.2. The van der Waals surface area contributed by atoms with Crippen molar-refractivity contribution < 1.29 is 34.5 Å². The van der Waals surface area contributed by atoms with Crippen LogP contribution in [0.4, 0.5) is 0 Å². The summed E-state index contributed by atoms with van der Waals surface area (Å²) in [7, 11) is 0. The maximum absolute atomic E-state index is 13.2. The minimum Gasteiger partial charge on any atom is -0.508 e. The number of carboxylic acid groups (broad SMARTS) is 1. The molecule has 4 unspecified atom stereocenters. The van der Waals surface area contributed by atoms with Gasteiger partial charge >= 0.3 is 5.97 Å². The minimum absolute atomic E-state index is 0.00742. The number of phenolic OH excluding ortho intramolecular Hbond substituents is 1. The second-order valence-electron chi connectivity index (χ2n) is 9.16. The number of benzene rings is 2. The molecular weight excluding hydrogens is 506 g/mol. The van der Waals surface area contributed by atoms with Gasteiger partial charge in [0.15, 0.2) is 0 Å². The van der Waals surface area contributed by atoms with Crippen LogP contribution in [0.3, 0.4) is 0 Å². The second-order valence-corrected chi connectivity index (χ2v) is 9.16. The molecule has 4 atom stereocenters. The Morgan fingerprint density at radius 2 is 1.31 bits per heavy atom. The molecule has 0 saturated heterocycles. The van der Waals surface area contributed by atoms with E-state index >= 15 is 0 Å². The van der Waals surface area contributed by atoms with E-state index in [-0.39, 0.29) is 25.0 Å². The maximum atomic E-state index is 13.2. The number of carboxylic acids is 1. The van der Waals surface area contributed by atoms with E-state index in [1.807, 2.05) is 30.3 Å². The Morgan fingerprint density at radius 1 is 0.744 bits per heavy atom. The van der Waals surface area contributed by atoms with Gasteiger partial charge in [0.05, 0.1) is 12.6 Å². The molecule has 2 aromatic carbocycles. The fourth-order valence-electron chi connectivity index (χ4n) is 3.81. The highest BCUT2D eigenvalue weighted by Gasteiger charge is 2.30. The zero-order valence-electron chi connectivity index (χ0n) is 21.6. The van der Waals surface area contributed by atoms with Gasteiger partial charge in [0.2, 0.25) is 17.7 Å². The predicted octanol–water partition coefficient (Wildman–Crippen LogP) is -0.835. The van der Waals surface area contributed by atoms with Crippen molar-refractivity contribution in [2.75, 3.05) is 13.2 Å². The standard InChI is InChI=1S/C27H37N5O7/c28-13-5-4-8-21(27(38)39)30-26(37)23(16-33)32-25(36)22(15-18-9-11-19(34)12-10-18)31-24(35)20(29)14-17-6-2-1-3-7-17/h1-3,6-7,9-12,20-23,33-34H,4-5,8,13-16,28-29H2,(H,30,37)(H,31,35)(H,32,36)(H,38,39). The molecule has 0 aromatic heterocycles. The lowest BCUT2D eigenvalue weighted by Crippen LogP contribution is -2.58. The Bertz CT molecular complexity index is 1080. The number of aliphatic carboxylic acids is 1. The third-order valence-corrected chi connectivity index (χ3v) is 6.02. The van der Waals surface area contributed by atoms with Crippen LogP contribution in [-0.2, 0) is 32.0 Å². The summed E-state index contributed by atoms with van der Waals surface area (Å²) < 4.78 is 0. The average Bonchev–Trinajstić information content (AvgIpc) is 2.92. The molecule has 0 spiro atoms. The topological polar surface area (TPSA) is 217 Å². The summed E-state index contributed by atoms with van der Waals surface area (Å²) in [4.78, 5) is 50.3. The lowest BCUT2D eigenvalue weighted by molar-refractivity contribution is -0.142. The number of nitrogens with one attached hydrogen (secondary N) is 3. The van der Waals surface area contributed by atoms with Crippen molar-refractivity contribution >= 4 is 23.7 Å². The minimum atomic E-state index is -1.47. The molecule has 0 aliphatic rings. The van der Waals surface area contributed by atoms with Crippen molar-refractivity contribution in [1.29, 1.82) is 0 Å². The number of hydrogen-bond donors (Lipinski definition) is 8. The quantitative estimate of drug-likeness (QED) is 0.124. The van der Waals surface area contributed by atoms with Gasteiger partial charge in [0, 0.05) is 6.42 Å². The van der Waals surface area contributed by atoms with Crippen molar-refractivity contribution in [2.24, 2.45) is 11.5 Å². The summed E-state index contributed by atoms with van der Waals surface area (Å²) in [5, 5.41) is 36.1. The van der Waals surface area contributed by atoms with Crippen molar-refractivity contribution in [3.05, 3.63) is 65.7 Å². The molecule has 39 heavy (non-hydrogen) atoms. The fourth-order valence-corrected chi connectivity index (χ4v) is 3.81. The first-order valence-corrected chi connectivity index (χ1v) is 12.7. The van der Waals surface area contributed by atoms with E-state index in [9.17, 15) is 34.5 Å². The highest BCUT2D eigenvalue weighted by atomic mass is 16.4. The average molecular weight is 544 g/mol. The maximum Gasteiger partial charge on any atom is 0.326 e. The van der Waals surface area contributed by atoms with Gasteiger partial charge in [0.1, 0.15) is 23.9 Å². The molecule has 3 amide bonds. The lowest BCUT2D eigenvalue weighted by atomic mass is 10.0. The second kappa shape index (κ2) is 16.1. The van der Waals surface area contributed by atoms with E-state index in [1.165, 1.54) is 12.1 Å². The molecule has 0 bridgehead atoms. The van der Waals surface area contributed by atoms with Crippen LogP contribution in [0.15, 0.2) is 54.6 Å². The van der Waals surface area contributed by atoms with Gasteiger partial charge in [-0.05, 0) is 55.5 Å². The van der Waals surface area contributed by atoms with E-state index in [4.69, 9.17) is 11.5 Å². The van der Waals surface area contributed by atoms with Gasteiger partial charge in [-0.3, -0.25) is 14.4 Å². The summed E-state index contributed by atoms with van der Waals surface area (Å²) >= 11 is 0. The first-order chi connectivity index (χ1) is 18.6. The SMILES string of the molecule is NCCCCC(NC(=O)C(CO)NC(=O)C(Cc1ccc(O)cc1)NC(=O)C(N)Cc1ccccc1)C(=O)O. The zero-order chi connectivity index (χ0) is 28.8. The Kier molecular flexibility index (Phi) is 12.9. The smallest absolute Gasteiger partial charge is 0.326 e. The number of aliphatic hydroxyl groups excluding tert-OH is 1. The number of amides is 3. The van der Waals surface area contributed by atoms with E-state index < -0.39 is 54.5 Å². The molecule has 0 heterocycles. The number of phenols is 1. The summed E-state index contributed by atoms with van der Waals surface area (Å²) in [6.45, 7) is -0.432. The van der Waals surface area contributed by atoms with Crippen LogP contribution in [0.25, 0.3) is 0 Å². The number of carbonyl (C=O) groups excluding carboxylic acids is 3. The molecule has 0 aliphatic carbocycles. The number of aliphatic hydroxyl groups is 1. The molecule has 12 nitrogen and oxygen atoms in total. The van der Waals surface area contributed by atoms with Gasteiger partial charge < -0.3 is 42.7 Å². The number of nitrogens with two attached hydrogens (primary N) is 2. The fraction of sp³-hybridized carbons (Fsp3) is 0.407. The van der Waals surface area contributed by atoms with Gasteiger partial charge in [-0.25, -0.2) is 4.79 Å². The molecule has 212 valence electrons. The molecule has 2 aromatic rings. The van der Waals surface area contributed by atoms with Gasteiger partial charge in [-0.1, -0.05) is 42.5 Å². The highest BCUT2D eigenvalue weighted by molar-refractivity contribution is 5.94. The van der Waals surface area contributed by atoms with Crippen LogP contribution in [0.5, 0.6) is 5.75 Å². The first-order valence-electron chi connectivity index (χ1n) is 12.7. The van der Waals surface area contributed by atoms with Gasteiger partial charge in [-0.2, -0.15) is 0 Å². The summed E-state index contributed by atoms with van der Waals surface area (Å²) in [5.74, 6) is -3.51. The predicted molar refractivity (Wildman–Crippen MR) is 143 cm³/mol. The molecule has 0 saturated carbocycles. The van der Waals surface area contributed by atoms with Crippen LogP contribution in [0.2, 0.25) is 0 Å². The number of aromatic hydroxyl groups is 1. The van der Waals surface area contributed by atoms with Crippen LogP contribution in [0, 0.1) is 0 Å². The number of unbranched alkanes of at least 4 members (excludes halogenated alkanes) is 1. The number of rotatable bonds is 16. The van der Waals surface area contributed by atoms with E-state index in [0.29, 0.717) is 24.9 Å². The Balaban J connectivity index is 2.13. The number of carbonyl (C=O) groups is 4. The van der Waals surface area contributed by atoms with E-state index in [1.54, 1.807) is 12.1 Å². The van der Waals surface area contributed by atoms with Gasteiger partial charge in [0.25, 0.3) is 0 Å². The number of hydrogen-bond acceptors (Lipinski definition) is 8. The highest BCUT2D eigenvalue weighted by Crippen LogP contribution is 2.12. The third kappa shape index (κ3) is 10.7. The normalized spacial score (nSPS) is 13.9. The molecule has 10 N–H and O–H groups in total.